The van der Waals surface area contributed by atoms with Crippen molar-refractivity contribution in [2.45, 2.75) is 6.36 Å². The van der Waals surface area contributed by atoms with Gasteiger partial charge in [0.15, 0.2) is 11.6 Å². The Balaban J connectivity index is 2.34. The van der Waals surface area contributed by atoms with Gasteiger partial charge in [0.05, 0.1) is 0 Å². The topological polar surface area (TPSA) is 9.23 Å². The Hall–Kier alpha value is -1.56. The summed E-state index contributed by atoms with van der Waals surface area (Å²) in [5, 5.41) is 0. The molecule has 0 bridgehead atoms. The maximum absolute atomic E-state index is 13.5. The van der Waals surface area contributed by atoms with Crippen molar-refractivity contribution in [3.63, 3.8) is 0 Å². The van der Waals surface area contributed by atoms with Crippen LogP contribution in [-0.4, -0.2) is 6.36 Å². The van der Waals surface area contributed by atoms with E-state index in [0.29, 0.717) is 11.1 Å². The fourth-order valence-electron chi connectivity index (χ4n) is 1.56. The van der Waals surface area contributed by atoms with Crippen molar-refractivity contribution in [1.82, 2.24) is 0 Å². The van der Waals surface area contributed by atoms with Crippen molar-refractivity contribution in [2.24, 2.45) is 0 Å². The van der Waals surface area contributed by atoms with Gasteiger partial charge < -0.3 is 4.74 Å². The Morgan fingerprint density at radius 2 is 1.63 bits per heavy atom. The third-order valence-electron chi connectivity index (χ3n) is 2.32. The molecule has 0 amide bonds. The first-order valence-electron chi connectivity index (χ1n) is 5.16. The van der Waals surface area contributed by atoms with Crippen LogP contribution in [0, 0.1) is 5.82 Å². The van der Waals surface area contributed by atoms with E-state index in [1.165, 1.54) is 6.07 Å². The second-order valence-corrected chi connectivity index (χ2v) is 4.62. The molecule has 0 fully saturated rings. The molecule has 0 radical (unpaired) electrons. The number of alkyl halides is 3. The van der Waals surface area contributed by atoms with Gasteiger partial charge >= 0.3 is 6.36 Å². The first-order valence-corrected chi connectivity index (χ1v) is 5.96. The summed E-state index contributed by atoms with van der Waals surface area (Å²) in [7, 11) is 0. The zero-order valence-electron chi connectivity index (χ0n) is 9.34. The molecule has 0 aliphatic heterocycles. The summed E-state index contributed by atoms with van der Waals surface area (Å²) < 4.78 is 53.9. The Morgan fingerprint density at radius 3 is 2.21 bits per heavy atom. The van der Waals surface area contributed by atoms with E-state index in [9.17, 15) is 17.6 Å². The molecule has 0 unspecified atom stereocenters. The number of hydrogen-bond acceptors (Lipinski definition) is 1. The molecule has 6 heteroatoms. The van der Waals surface area contributed by atoms with Gasteiger partial charge in [0.2, 0.25) is 0 Å². The van der Waals surface area contributed by atoms with Crippen LogP contribution in [0.3, 0.4) is 0 Å². The average Bonchev–Trinajstić information content (AvgIpc) is 2.30. The third kappa shape index (κ3) is 3.70. The van der Waals surface area contributed by atoms with Gasteiger partial charge in [-0.2, -0.15) is 0 Å². The van der Waals surface area contributed by atoms with E-state index >= 15 is 0 Å². The maximum atomic E-state index is 13.5. The van der Waals surface area contributed by atoms with Crippen molar-refractivity contribution >= 4 is 15.9 Å². The van der Waals surface area contributed by atoms with E-state index in [-0.39, 0.29) is 0 Å². The van der Waals surface area contributed by atoms with Gasteiger partial charge in [-0.25, -0.2) is 4.39 Å². The smallest absolute Gasteiger partial charge is 0.403 e. The number of halogens is 5. The zero-order chi connectivity index (χ0) is 14.0. The van der Waals surface area contributed by atoms with Crippen molar-refractivity contribution < 1.29 is 22.3 Å². The summed E-state index contributed by atoms with van der Waals surface area (Å²) in [6.07, 6.45) is -4.90. The van der Waals surface area contributed by atoms with Crippen LogP contribution in [0.5, 0.6) is 5.75 Å². The SMILES string of the molecule is Fc1cc(-c2cccc(Br)c2)ccc1OC(F)(F)F. The molecule has 0 spiro atoms. The van der Waals surface area contributed by atoms with Gasteiger partial charge in [0.25, 0.3) is 0 Å². The first-order chi connectivity index (χ1) is 8.85. The van der Waals surface area contributed by atoms with Crippen LogP contribution in [0.2, 0.25) is 0 Å². The van der Waals surface area contributed by atoms with E-state index in [4.69, 9.17) is 0 Å². The van der Waals surface area contributed by atoms with Gasteiger partial charge in [0.1, 0.15) is 0 Å². The highest BCUT2D eigenvalue weighted by Crippen LogP contribution is 2.30. The Kier molecular flexibility index (Phi) is 3.80. The molecule has 100 valence electrons. The van der Waals surface area contributed by atoms with Crippen molar-refractivity contribution in [2.75, 3.05) is 0 Å². The van der Waals surface area contributed by atoms with E-state index < -0.39 is 17.9 Å². The minimum Gasteiger partial charge on any atom is -0.403 e. The van der Waals surface area contributed by atoms with E-state index in [0.717, 1.165) is 16.6 Å². The minimum atomic E-state index is -4.90. The number of hydrogen-bond donors (Lipinski definition) is 0. The molecule has 2 aromatic rings. The fourth-order valence-corrected chi connectivity index (χ4v) is 1.96. The molecule has 0 aliphatic carbocycles. The lowest BCUT2D eigenvalue weighted by Gasteiger charge is -2.10. The summed E-state index contributed by atoms with van der Waals surface area (Å²) in [6.45, 7) is 0. The molecule has 0 saturated heterocycles. The van der Waals surface area contributed by atoms with Gasteiger partial charge in [-0.05, 0) is 35.4 Å². The quantitative estimate of drug-likeness (QED) is 0.690. The van der Waals surface area contributed by atoms with Gasteiger partial charge in [-0.1, -0.05) is 34.1 Å². The highest BCUT2D eigenvalue weighted by atomic mass is 79.9. The number of ether oxygens (including phenoxy) is 1. The molecule has 0 N–H and O–H groups in total. The lowest BCUT2D eigenvalue weighted by molar-refractivity contribution is -0.275. The molecule has 0 heterocycles. The number of benzene rings is 2. The lowest BCUT2D eigenvalue weighted by Crippen LogP contribution is -2.17. The molecule has 19 heavy (non-hydrogen) atoms. The van der Waals surface area contributed by atoms with Crippen LogP contribution in [0.4, 0.5) is 17.6 Å². The van der Waals surface area contributed by atoms with Crippen LogP contribution < -0.4 is 4.74 Å². The molecular weight excluding hydrogens is 328 g/mol. The molecule has 2 rings (SSSR count). The second-order valence-electron chi connectivity index (χ2n) is 3.70. The standard InChI is InChI=1S/C13H7BrF4O/c14-10-3-1-2-8(6-10)9-4-5-12(11(15)7-9)19-13(16,17)18/h1-7H. The monoisotopic (exact) mass is 334 g/mol. The summed E-state index contributed by atoms with van der Waals surface area (Å²) >= 11 is 3.26. The average molecular weight is 335 g/mol. The first kappa shape index (κ1) is 13.9. The molecule has 2 aromatic carbocycles. The predicted octanol–water partition coefficient (Wildman–Crippen LogP) is 5.15. The highest BCUT2D eigenvalue weighted by Gasteiger charge is 2.32. The van der Waals surface area contributed by atoms with Gasteiger partial charge in [0, 0.05) is 4.47 Å². The second kappa shape index (κ2) is 5.21. The molecular formula is C13H7BrF4O. The van der Waals surface area contributed by atoms with Crippen molar-refractivity contribution in [3.05, 3.63) is 52.8 Å². The molecule has 0 atom stereocenters. The van der Waals surface area contributed by atoms with Gasteiger partial charge in [-0.3, -0.25) is 0 Å². The molecule has 1 nitrogen and oxygen atoms in total. The van der Waals surface area contributed by atoms with Crippen LogP contribution >= 0.6 is 15.9 Å². The zero-order valence-corrected chi connectivity index (χ0v) is 10.9. The van der Waals surface area contributed by atoms with Crippen LogP contribution in [0.1, 0.15) is 0 Å². The maximum Gasteiger partial charge on any atom is 0.573 e. The minimum absolute atomic E-state index is 0.466. The normalized spacial score (nSPS) is 11.4. The fraction of sp³-hybridized carbons (Fsp3) is 0.0769. The van der Waals surface area contributed by atoms with Gasteiger partial charge in [-0.15, -0.1) is 13.2 Å². The van der Waals surface area contributed by atoms with Crippen LogP contribution in [0.25, 0.3) is 11.1 Å². The van der Waals surface area contributed by atoms with Crippen LogP contribution in [0.15, 0.2) is 46.9 Å². The summed E-state index contributed by atoms with van der Waals surface area (Å²) in [5.74, 6) is -1.90. The Bertz CT molecular complexity index is 595. The highest BCUT2D eigenvalue weighted by molar-refractivity contribution is 9.10. The third-order valence-corrected chi connectivity index (χ3v) is 2.81. The molecule has 0 aromatic heterocycles. The summed E-state index contributed by atoms with van der Waals surface area (Å²) in [4.78, 5) is 0. The molecule has 0 saturated carbocycles. The van der Waals surface area contributed by atoms with Crippen molar-refractivity contribution in [3.8, 4) is 16.9 Å². The summed E-state index contributed by atoms with van der Waals surface area (Å²) in [5.41, 5.74) is 1.15. The van der Waals surface area contributed by atoms with Crippen LogP contribution in [-0.2, 0) is 0 Å². The molecule has 0 aliphatic rings. The van der Waals surface area contributed by atoms with Crippen molar-refractivity contribution in [1.29, 1.82) is 0 Å². The lowest BCUT2D eigenvalue weighted by atomic mass is 10.1. The largest absolute Gasteiger partial charge is 0.573 e. The predicted molar refractivity (Wildman–Crippen MR) is 66.2 cm³/mol. The Labute approximate surface area is 114 Å². The van der Waals surface area contributed by atoms with E-state index in [2.05, 4.69) is 20.7 Å². The Morgan fingerprint density at radius 1 is 0.947 bits per heavy atom. The van der Waals surface area contributed by atoms with E-state index in [1.807, 2.05) is 0 Å². The van der Waals surface area contributed by atoms with E-state index in [1.54, 1.807) is 24.3 Å². The number of rotatable bonds is 2. The summed E-state index contributed by atoms with van der Waals surface area (Å²) in [6, 6.07) is 10.3.